The molecule has 0 aliphatic carbocycles. The zero-order valence-electron chi connectivity index (χ0n) is 24.3. The van der Waals surface area contributed by atoms with Gasteiger partial charge in [0.05, 0.1) is 31.5 Å². The number of anilines is 2. The van der Waals surface area contributed by atoms with Crippen molar-refractivity contribution in [1.82, 2.24) is 34.1 Å². The van der Waals surface area contributed by atoms with Crippen LogP contribution in [0.25, 0.3) is 22.2 Å². The van der Waals surface area contributed by atoms with Gasteiger partial charge in [-0.3, -0.25) is 32.4 Å². The van der Waals surface area contributed by atoms with Crippen molar-refractivity contribution in [2.45, 2.75) is 49.1 Å². The van der Waals surface area contributed by atoms with Crippen molar-refractivity contribution in [1.29, 1.82) is 0 Å². The summed E-state index contributed by atoms with van der Waals surface area (Å²) in [6.45, 7) is -5.84. The quantitative estimate of drug-likeness (QED) is 0.0903. The SMILES string of the molecule is Nc1nc2c(ccn2C2OC3COP(=O)(O)OC4C(COP(=O)(S)OC2C3O)OC(n2cnc3c(NCCO)ncnc32)C4O)c(=O)[nH]1. The Morgan fingerprint density at radius 2 is 1.79 bits per heavy atom. The van der Waals surface area contributed by atoms with Crippen molar-refractivity contribution in [3.63, 3.8) is 0 Å². The van der Waals surface area contributed by atoms with Crippen LogP contribution in [0.3, 0.4) is 0 Å². The molecule has 10 atom stereocenters. The second-order valence-electron chi connectivity index (χ2n) is 10.9. The zero-order chi connectivity index (χ0) is 34.0. The highest BCUT2D eigenvalue weighted by Crippen LogP contribution is 2.58. The molecule has 3 fully saturated rings. The number of nitrogens with one attached hydrogen (secondary N) is 2. The Morgan fingerprint density at radius 3 is 2.58 bits per heavy atom. The number of hydrogen-bond donors (Lipinski definition) is 8. The molecule has 0 radical (unpaired) electrons. The summed E-state index contributed by atoms with van der Waals surface area (Å²) in [7, 11) is -5.04. The lowest BCUT2D eigenvalue weighted by Crippen LogP contribution is -2.36. The predicted molar refractivity (Wildman–Crippen MR) is 164 cm³/mol. The van der Waals surface area contributed by atoms with Crippen LogP contribution in [0.1, 0.15) is 12.5 Å². The minimum atomic E-state index is -5.04. The van der Waals surface area contributed by atoms with Crippen molar-refractivity contribution in [3.05, 3.63) is 35.3 Å². The van der Waals surface area contributed by atoms with Crippen LogP contribution in [0.2, 0.25) is 0 Å². The van der Waals surface area contributed by atoms with Gasteiger partial charge in [-0.2, -0.15) is 4.98 Å². The number of imidazole rings is 1. The number of nitrogens with zero attached hydrogens (tertiary/aromatic N) is 6. The third-order valence-corrected chi connectivity index (χ3v) is 10.4. The van der Waals surface area contributed by atoms with Crippen LogP contribution in [-0.2, 0) is 36.7 Å². The number of H-pyrrole nitrogens is 1. The molecule has 260 valence electrons. The molecule has 0 saturated carbocycles. The first-order valence-corrected chi connectivity index (χ1v) is 18.4. The molecule has 25 heteroatoms. The standard InChI is InChI=1S/C23H29N9O13P2S/c24-23-29-18-9(20(36)30-23)1-3-31(18)22-16-13(34)10(42-22)5-40-46(37,38)44-15-11(6-41-47(39,48)45-16)43-21(14(15)35)32-8-28-12-17(25-2-4-33)26-7-27-19(12)32/h1,3,7-8,10-11,13-16,21-22,33-35H,2,4-6H2,(H,37,38)(H,39,48)(H,25,26,27)(H3,24,29,30,36). The van der Waals surface area contributed by atoms with Crippen molar-refractivity contribution < 1.29 is 56.9 Å². The Labute approximate surface area is 273 Å². The highest BCUT2D eigenvalue weighted by molar-refractivity contribution is 8.44. The summed E-state index contributed by atoms with van der Waals surface area (Å²) in [6, 6.07) is 1.41. The number of ether oxygens (including phenoxy) is 2. The average Bonchev–Trinajstić information content (AvgIpc) is 3.79. The van der Waals surface area contributed by atoms with Crippen LogP contribution < -0.4 is 16.6 Å². The molecule has 48 heavy (non-hydrogen) atoms. The van der Waals surface area contributed by atoms with E-state index in [1.165, 1.54) is 34.1 Å². The third kappa shape index (κ3) is 6.15. The molecule has 0 aromatic carbocycles. The van der Waals surface area contributed by atoms with Gasteiger partial charge in [0.1, 0.15) is 43.0 Å². The minimum absolute atomic E-state index is 0.0339. The zero-order valence-corrected chi connectivity index (χ0v) is 27.0. The molecule has 7 heterocycles. The summed E-state index contributed by atoms with van der Waals surface area (Å²) in [4.78, 5) is 42.1. The van der Waals surface area contributed by atoms with Crippen molar-refractivity contribution >= 4 is 60.8 Å². The summed E-state index contributed by atoms with van der Waals surface area (Å²) in [5.74, 6) is 0.0776. The first kappa shape index (κ1) is 33.5. The second-order valence-corrected chi connectivity index (χ2v) is 15.2. The van der Waals surface area contributed by atoms with E-state index in [2.05, 4.69) is 42.5 Å². The lowest BCUT2D eigenvalue weighted by molar-refractivity contribution is -0.0618. The molecule has 8 N–H and O–H groups in total. The van der Waals surface area contributed by atoms with E-state index in [4.69, 9.17) is 38.4 Å². The van der Waals surface area contributed by atoms with Crippen molar-refractivity contribution in [3.8, 4) is 0 Å². The number of nitrogens with two attached hydrogens (primary N) is 1. The fraction of sp³-hybridized carbons (Fsp3) is 0.522. The van der Waals surface area contributed by atoms with E-state index in [-0.39, 0.29) is 41.3 Å². The van der Waals surface area contributed by atoms with Gasteiger partial charge in [-0.15, -0.1) is 0 Å². The number of phosphoric acid groups is 1. The molecule has 7 rings (SSSR count). The molecule has 3 saturated heterocycles. The number of thiol groups is 1. The first-order chi connectivity index (χ1) is 22.9. The highest BCUT2D eigenvalue weighted by Gasteiger charge is 2.53. The Balaban J connectivity index is 1.19. The summed E-state index contributed by atoms with van der Waals surface area (Å²) in [6.07, 6.45) is -7.93. The van der Waals surface area contributed by atoms with Crippen LogP contribution in [0.4, 0.5) is 11.8 Å². The van der Waals surface area contributed by atoms with Gasteiger partial charge >= 0.3 is 14.6 Å². The van der Waals surface area contributed by atoms with E-state index >= 15 is 0 Å². The fourth-order valence-corrected chi connectivity index (χ4v) is 8.14. The normalized spacial score (nSPS) is 36.0. The maximum absolute atomic E-state index is 13.6. The third-order valence-electron chi connectivity index (χ3n) is 7.85. The van der Waals surface area contributed by atoms with E-state index in [1.807, 2.05) is 0 Å². The number of aromatic amines is 1. The maximum atomic E-state index is 13.6. The van der Waals surface area contributed by atoms with Gasteiger partial charge in [-0.25, -0.2) is 24.1 Å². The summed E-state index contributed by atoms with van der Waals surface area (Å²) >= 11 is 4.07. The number of rotatable bonds is 5. The van der Waals surface area contributed by atoms with E-state index in [0.29, 0.717) is 5.82 Å². The average molecular weight is 734 g/mol. The summed E-state index contributed by atoms with van der Waals surface area (Å²) in [5, 5.41) is 34.6. The minimum Gasteiger partial charge on any atom is -0.395 e. The molecular formula is C23H29N9O13P2S. The van der Waals surface area contributed by atoms with Crippen LogP contribution in [0, 0.1) is 0 Å². The molecule has 22 nitrogen and oxygen atoms in total. The number of aliphatic hydroxyl groups is 3. The Kier molecular flexibility index (Phi) is 8.86. The van der Waals surface area contributed by atoms with Gasteiger partial charge in [-0.05, 0) is 6.07 Å². The molecule has 0 amide bonds. The van der Waals surface area contributed by atoms with Gasteiger partial charge in [0.2, 0.25) is 5.95 Å². The lowest BCUT2D eigenvalue weighted by atomic mass is 10.1. The Hall–Kier alpha value is -3.02. The van der Waals surface area contributed by atoms with Crippen molar-refractivity contribution in [2.24, 2.45) is 0 Å². The summed E-state index contributed by atoms with van der Waals surface area (Å²) in [5.41, 5.74) is 5.66. The van der Waals surface area contributed by atoms with Crippen LogP contribution >= 0.6 is 26.9 Å². The van der Waals surface area contributed by atoms with Gasteiger partial charge in [0.15, 0.2) is 35.1 Å². The number of nitrogen functional groups attached to an aromatic ring is 1. The number of hydrogen-bond acceptors (Lipinski definition) is 18. The van der Waals surface area contributed by atoms with Crippen molar-refractivity contribution in [2.75, 3.05) is 37.4 Å². The van der Waals surface area contributed by atoms with Crippen LogP contribution in [0.15, 0.2) is 29.7 Å². The van der Waals surface area contributed by atoms with E-state index < -0.39 is 82.5 Å². The molecular weight excluding hydrogens is 704 g/mol. The molecule has 3 aliphatic rings. The molecule has 0 spiro atoms. The van der Waals surface area contributed by atoms with Gasteiger partial charge in [-0.1, -0.05) is 12.2 Å². The number of phosphoric ester groups is 1. The Bertz CT molecular complexity index is 2000. The smallest absolute Gasteiger partial charge is 0.395 e. The number of aliphatic hydroxyl groups excluding tert-OH is 3. The van der Waals surface area contributed by atoms with Gasteiger partial charge < -0.3 is 45.3 Å². The largest absolute Gasteiger partial charge is 0.472 e. The number of aromatic nitrogens is 7. The highest BCUT2D eigenvalue weighted by atomic mass is 32.7. The molecule has 2 bridgehead atoms. The lowest BCUT2D eigenvalue weighted by Gasteiger charge is -2.26. The van der Waals surface area contributed by atoms with Gasteiger partial charge in [0, 0.05) is 12.7 Å². The predicted octanol–water partition coefficient (Wildman–Crippen LogP) is -0.977. The topological polar surface area (TPSA) is 303 Å². The molecule has 3 aliphatic heterocycles. The number of fused-ring (bicyclic) bond motifs is 5. The van der Waals surface area contributed by atoms with E-state index in [1.54, 1.807) is 0 Å². The fourth-order valence-electron chi connectivity index (χ4n) is 5.72. The van der Waals surface area contributed by atoms with E-state index in [0.717, 1.165) is 0 Å². The summed E-state index contributed by atoms with van der Waals surface area (Å²) < 4.78 is 63.0. The van der Waals surface area contributed by atoms with Crippen LogP contribution in [0.5, 0.6) is 0 Å². The maximum Gasteiger partial charge on any atom is 0.472 e. The molecule has 10 unspecified atom stereocenters. The second kappa shape index (κ2) is 12.7. The van der Waals surface area contributed by atoms with Gasteiger partial charge in [0.25, 0.3) is 5.56 Å². The Morgan fingerprint density at radius 1 is 1.02 bits per heavy atom. The molecule has 4 aromatic heterocycles. The monoisotopic (exact) mass is 733 g/mol. The van der Waals surface area contributed by atoms with Crippen LogP contribution in [-0.4, -0.2) is 117 Å². The first-order valence-electron chi connectivity index (χ1n) is 14.2. The van der Waals surface area contributed by atoms with E-state index in [9.17, 15) is 29.0 Å². The molecule has 4 aromatic rings.